The number of nitrogens with one attached hydrogen (secondary N) is 2. The molecule has 2 aliphatic rings. The average molecular weight is 273 g/mol. The van der Waals surface area contributed by atoms with E-state index in [2.05, 4.69) is 22.6 Å². The standard InChI is InChI=1S/C15H19N3O2/c1-18-7-2-3-10(6-8-18)16-11-4-5-12-13(9-11)15(20)17-14(12)19/h4-5,9-10,16H,2-3,6-8H2,1H3,(H,17,19,20). The fraction of sp³-hybridized carbons (Fsp3) is 0.467. The van der Waals surface area contributed by atoms with E-state index in [9.17, 15) is 9.59 Å². The third kappa shape index (κ3) is 2.54. The van der Waals surface area contributed by atoms with Gasteiger partial charge in [-0.15, -0.1) is 0 Å². The zero-order valence-electron chi connectivity index (χ0n) is 11.6. The number of imide groups is 1. The van der Waals surface area contributed by atoms with Gasteiger partial charge in [-0.25, -0.2) is 0 Å². The van der Waals surface area contributed by atoms with Crippen LogP contribution in [0.3, 0.4) is 0 Å². The predicted octanol–water partition coefficient (Wildman–Crippen LogP) is 1.47. The summed E-state index contributed by atoms with van der Waals surface area (Å²) in [6, 6.07) is 5.81. The summed E-state index contributed by atoms with van der Waals surface area (Å²) < 4.78 is 0. The number of carbonyl (C=O) groups is 2. The van der Waals surface area contributed by atoms with Crippen LogP contribution in [0, 0.1) is 0 Å². The van der Waals surface area contributed by atoms with Crippen LogP contribution in [0.25, 0.3) is 0 Å². The largest absolute Gasteiger partial charge is 0.382 e. The van der Waals surface area contributed by atoms with E-state index in [4.69, 9.17) is 0 Å². The maximum atomic E-state index is 11.7. The number of nitrogens with zero attached hydrogens (tertiary/aromatic N) is 1. The molecule has 2 heterocycles. The van der Waals surface area contributed by atoms with Crippen molar-refractivity contribution in [3.8, 4) is 0 Å². The zero-order chi connectivity index (χ0) is 14.1. The highest BCUT2D eigenvalue weighted by Crippen LogP contribution is 2.22. The Morgan fingerprint density at radius 2 is 1.95 bits per heavy atom. The van der Waals surface area contributed by atoms with Crippen molar-refractivity contribution in [3.63, 3.8) is 0 Å². The quantitative estimate of drug-likeness (QED) is 0.801. The Hall–Kier alpha value is -1.88. The smallest absolute Gasteiger partial charge is 0.259 e. The molecule has 1 unspecified atom stereocenters. The van der Waals surface area contributed by atoms with Gasteiger partial charge in [0.25, 0.3) is 11.8 Å². The number of hydrogen-bond acceptors (Lipinski definition) is 4. The minimum absolute atomic E-state index is 0.297. The van der Waals surface area contributed by atoms with Crippen LogP contribution in [0.5, 0.6) is 0 Å². The molecule has 3 rings (SSSR count). The van der Waals surface area contributed by atoms with E-state index in [-0.39, 0.29) is 11.8 Å². The van der Waals surface area contributed by atoms with Crippen LogP contribution in [0.15, 0.2) is 18.2 Å². The predicted molar refractivity (Wildman–Crippen MR) is 77.0 cm³/mol. The molecular weight excluding hydrogens is 254 g/mol. The van der Waals surface area contributed by atoms with Crippen LogP contribution in [0.4, 0.5) is 5.69 Å². The minimum atomic E-state index is -0.298. The Morgan fingerprint density at radius 1 is 1.15 bits per heavy atom. The van der Waals surface area contributed by atoms with Gasteiger partial charge in [0.05, 0.1) is 11.1 Å². The molecule has 2 N–H and O–H groups in total. The van der Waals surface area contributed by atoms with E-state index < -0.39 is 0 Å². The number of fused-ring (bicyclic) bond motifs is 1. The van der Waals surface area contributed by atoms with Crippen LogP contribution < -0.4 is 10.6 Å². The minimum Gasteiger partial charge on any atom is -0.382 e. The Morgan fingerprint density at radius 3 is 2.80 bits per heavy atom. The lowest BCUT2D eigenvalue weighted by Crippen LogP contribution is -2.23. The lowest BCUT2D eigenvalue weighted by Gasteiger charge is -2.18. The molecule has 0 radical (unpaired) electrons. The second-order valence-corrected chi connectivity index (χ2v) is 5.62. The van der Waals surface area contributed by atoms with Gasteiger partial charge in [-0.1, -0.05) is 0 Å². The summed E-state index contributed by atoms with van der Waals surface area (Å²) in [7, 11) is 2.15. The first-order valence-corrected chi connectivity index (χ1v) is 7.08. The molecular formula is C15H19N3O2. The fourth-order valence-electron chi connectivity index (χ4n) is 2.88. The summed E-state index contributed by atoms with van der Waals surface area (Å²) in [4.78, 5) is 25.5. The third-order valence-corrected chi connectivity index (χ3v) is 4.06. The number of hydrogen-bond donors (Lipinski definition) is 2. The van der Waals surface area contributed by atoms with Crippen LogP contribution in [-0.2, 0) is 0 Å². The molecule has 0 spiro atoms. The van der Waals surface area contributed by atoms with Gasteiger partial charge in [0.15, 0.2) is 0 Å². The van der Waals surface area contributed by atoms with Gasteiger partial charge < -0.3 is 10.2 Å². The molecule has 1 fully saturated rings. The molecule has 2 amide bonds. The molecule has 0 aliphatic carbocycles. The number of carbonyl (C=O) groups excluding carboxylic acids is 2. The third-order valence-electron chi connectivity index (χ3n) is 4.06. The summed E-state index contributed by atoms with van der Waals surface area (Å²) in [6.45, 7) is 2.22. The van der Waals surface area contributed by atoms with Crippen LogP contribution in [0.2, 0.25) is 0 Å². The number of amides is 2. The number of rotatable bonds is 2. The SMILES string of the molecule is CN1CCCC(Nc2ccc3c(c2)C(=O)NC3=O)CC1. The van der Waals surface area contributed by atoms with Crippen molar-refractivity contribution in [2.75, 3.05) is 25.5 Å². The number of benzene rings is 1. The van der Waals surface area contributed by atoms with Gasteiger partial charge in [-0.05, 0) is 57.6 Å². The number of anilines is 1. The lowest BCUT2D eigenvalue weighted by atomic mass is 10.1. The molecule has 5 nitrogen and oxygen atoms in total. The first-order chi connectivity index (χ1) is 9.63. The molecule has 0 saturated carbocycles. The van der Waals surface area contributed by atoms with Crippen molar-refractivity contribution in [1.29, 1.82) is 0 Å². The topological polar surface area (TPSA) is 61.4 Å². The molecule has 0 aromatic heterocycles. The maximum Gasteiger partial charge on any atom is 0.259 e. The van der Waals surface area contributed by atoms with Gasteiger partial charge in [-0.3, -0.25) is 14.9 Å². The first-order valence-electron chi connectivity index (χ1n) is 7.08. The molecule has 1 saturated heterocycles. The zero-order valence-corrected chi connectivity index (χ0v) is 11.6. The van der Waals surface area contributed by atoms with Crippen LogP contribution in [-0.4, -0.2) is 42.9 Å². The summed E-state index contributed by atoms with van der Waals surface area (Å²) in [5.41, 5.74) is 1.87. The maximum absolute atomic E-state index is 11.7. The first kappa shape index (κ1) is 13.1. The molecule has 106 valence electrons. The Bertz CT molecular complexity index is 556. The summed E-state index contributed by atoms with van der Waals surface area (Å²) >= 11 is 0. The molecule has 1 aromatic carbocycles. The Kier molecular flexibility index (Phi) is 3.44. The second kappa shape index (κ2) is 5.25. The highest BCUT2D eigenvalue weighted by atomic mass is 16.2. The lowest BCUT2D eigenvalue weighted by molar-refractivity contribution is 0.0879. The van der Waals surface area contributed by atoms with Crippen molar-refractivity contribution >= 4 is 17.5 Å². The molecule has 1 aromatic rings. The van der Waals surface area contributed by atoms with Crippen molar-refractivity contribution in [2.45, 2.75) is 25.3 Å². The summed E-state index contributed by atoms with van der Waals surface area (Å²) in [6.07, 6.45) is 3.41. The van der Waals surface area contributed by atoms with Gasteiger partial charge in [0.1, 0.15) is 0 Å². The van der Waals surface area contributed by atoms with E-state index in [1.807, 2.05) is 6.07 Å². The highest BCUT2D eigenvalue weighted by Gasteiger charge is 2.27. The van der Waals surface area contributed by atoms with E-state index in [1.165, 1.54) is 6.42 Å². The van der Waals surface area contributed by atoms with E-state index in [1.54, 1.807) is 12.1 Å². The van der Waals surface area contributed by atoms with Crippen molar-refractivity contribution in [3.05, 3.63) is 29.3 Å². The van der Waals surface area contributed by atoms with Gasteiger partial charge in [0.2, 0.25) is 0 Å². The van der Waals surface area contributed by atoms with E-state index in [0.717, 1.165) is 31.6 Å². The molecule has 0 bridgehead atoms. The van der Waals surface area contributed by atoms with Gasteiger partial charge in [-0.2, -0.15) is 0 Å². The number of likely N-dealkylation sites (tertiary alicyclic amines) is 1. The molecule has 5 heteroatoms. The van der Waals surface area contributed by atoms with Gasteiger partial charge >= 0.3 is 0 Å². The van der Waals surface area contributed by atoms with Crippen LogP contribution in [0.1, 0.15) is 40.0 Å². The Labute approximate surface area is 118 Å². The van der Waals surface area contributed by atoms with Crippen molar-refractivity contribution < 1.29 is 9.59 Å². The fourth-order valence-corrected chi connectivity index (χ4v) is 2.88. The average Bonchev–Trinajstić information content (AvgIpc) is 2.59. The van der Waals surface area contributed by atoms with E-state index in [0.29, 0.717) is 17.2 Å². The summed E-state index contributed by atoms with van der Waals surface area (Å²) in [5.74, 6) is -0.595. The molecule has 1 atom stereocenters. The second-order valence-electron chi connectivity index (χ2n) is 5.62. The molecule has 2 aliphatic heterocycles. The van der Waals surface area contributed by atoms with Crippen molar-refractivity contribution in [2.24, 2.45) is 0 Å². The Balaban J connectivity index is 1.74. The van der Waals surface area contributed by atoms with Gasteiger partial charge in [0, 0.05) is 11.7 Å². The van der Waals surface area contributed by atoms with Crippen LogP contribution >= 0.6 is 0 Å². The highest BCUT2D eigenvalue weighted by molar-refractivity contribution is 6.21. The summed E-state index contributed by atoms with van der Waals surface area (Å²) in [5, 5.41) is 5.81. The van der Waals surface area contributed by atoms with Crippen molar-refractivity contribution in [1.82, 2.24) is 10.2 Å². The normalized spacial score (nSPS) is 23.1. The van der Waals surface area contributed by atoms with E-state index >= 15 is 0 Å². The molecule has 20 heavy (non-hydrogen) atoms. The monoisotopic (exact) mass is 273 g/mol.